The topological polar surface area (TPSA) is 113 Å². The van der Waals surface area contributed by atoms with E-state index in [0.717, 1.165) is 18.9 Å². The van der Waals surface area contributed by atoms with Crippen LogP contribution in [-0.2, 0) is 14.8 Å². The van der Waals surface area contributed by atoms with Gasteiger partial charge in [-0.05, 0) is 45.7 Å². The standard InChI is InChI=1S/C17H26N4O5S/c1-17(2,3)18-16(22)12-19(4)14-8-7-13(11-15(14)21(23)24)27(25,26)20-9-5-6-10-20/h7-8,11H,5-6,9-10,12H2,1-4H3,(H,18,22). The van der Waals surface area contributed by atoms with Gasteiger partial charge in [-0.15, -0.1) is 0 Å². The molecule has 1 aliphatic rings. The Balaban J connectivity index is 2.30. The van der Waals surface area contributed by atoms with E-state index in [1.807, 2.05) is 20.8 Å². The summed E-state index contributed by atoms with van der Waals surface area (Å²) in [4.78, 5) is 24.3. The number of nitro benzene ring substituents is 1. The van der Waals surface area contributed by atoms with Crippen molar-refractivity contribution in [3.8, 4) is 0 Å². The van der Waals surface area contributed by atoms with Gasteiger partial charge in [0.05, 0.1) is 16.4 Å². The second kappa shape index (κ2) is 7.81. The van der Waals surface area contributed by atoms with Gasteiger partial charge in [-0.1, -0.05) is 0 Å². The number of amides is 1. The summed E-state index contributed by atoms with van der Waals surface area (Å²) in [5.74, 6) is -0.284. The van der Waals surface area contributed by atoms with Crippen molar-refractivity contribution in [3.05, 3.63) is 28.3 Å². The monoisotopic (exact) mass is 398 g/mol. The Morgan fingerprint density at radius 3 is 2.41 bits per heavy atom. The molecule has 0 saturated carbocycles. The first-order valence-electron chi connectivity index (χ1n) is 8.72. The van der Waals surface area contributed by atoms with Crippen LogP contribution in [0.4, 0.5) is 11.4 Å². The number of carbonyl (C=O) groups is 1. The van der Waals surface area contributed by atoms with Crippen LogP contribution in [0.5, 0.6) is 0 Å². The van der Waals surface area contributed by atoms with Crippen molar-refractivity contribution in [3.63, 3.8) is 0 Å². The fraction of sp³-hybridized carbons (Fsp3) is 0.588. The van der Waals surface area contributed by atoms with Crippen molar-refractivity contribution in [1.29, 1.82) is 0 Å². The molecule has 0 unspecified atom stereocenters. The first kappa shape index (κ1) is 21.1. The second-order valence-electron chi connectivity index (χ2n) is 7.67. The van der Waals surface area contributed by atoms with E-state index in [1.54, 1.807) is 7.05 Å². The van der Waals surface area contributed by atoms with Crippen LogP contribution in [0.2, 0.25) is 0 Å². The molecule has 1 aromatic rings. The minimum Gasteiger partial charge on any atom is -0.360 e. The summed E-state index contributed by atoms with van der Waals surface area (Å²) in [6.07, 6.45) is 1.57. The Bertz CT molecular complexity index is 826. The van der Waals surface area contributed by atoms with Gasteiger partial charge in [0.1, 0.15) is 5.69 Å². The normalized spacial score (nSPS) is 15.6. The SMILES string of the molecule is CN(CC(=O)NC(C)(C)C)c1ccc(S(=O)(=O)N2CCCC2)cc1[N+](=O)[O-]. The van der Waals surface area contributed by atoms with Crippen LogP contribution < -0.4 is 10.2 Å². The van der Waals surface area contributed by atoms with E-state index in [-0.39, 0.29) is 28.7 Å². The van der Waals surface area contributed by atoms with E-state index >= 15 is 0 Å². The molecule has 1 fully saturated rings. The van der Waals surface area contributed by atoms with Gasteiger partial charge in [0.15, 0.2) is 0 Å². The largest absolute Gasteiger partial charge is 0.360 e. The van der Waals surface area contributed by atoms with Crippen LogP contribution in [0, 0.1) is 10.1 Å². The Morgan fingerprint density at radius 1 is 1.30 bits per heavy atom. The van der Waals surface area contributed by atoms with Crippen molar-refractivity contribution in [2.75, 3.05) is 31.6 Å². The maximum Gasteiger partial charge on any atom is 0.293 e. The molecule has 1 heterocycles. The smallest absolute Gasteiger partial charge is 0.293 e. The fourth-order valence-corrected chi connectivity index (χ4v) is 4.51. The second-order valence-corrected chi connectivity index (χ2v) is 9.61. The Morgan fingerprint density at radius 2 is 1.89 bits per heavy atom. The quantitative estimate of drug-likeness (QED) is 0.577. The fourth-order valence-electron chi connectivity index (χ4n) is 2.97. The third-order valence-electron chi connectivity index (χ3n) is 4.15. The third-order valence-corrected chi connectivity index (χ3v) is 6.05. The van der Waals surface area contributed by atoms with Crippen LogP contribution >= 0.6 is 0 Å². The molecular formula is C17H26N4O5S. The number of anilines is 1. The van der Waals surface area contributed by atoms with E-state index in [0.29, 0.717) is 13.1 Å². The molecule has 1 aromatic carbocycles. The number of likely N-dealkylation sites (N-methyl/N-ethyl adjacent to an activating group) is 1. The predicted octanol–water partition coefficient (Wildman–Crippen LogP) is 1.73. The molecule has 0 atom stereocenters. The van der Waals surface area contributed by atoms with E-state index in [2.05, 4.69) is 5.32 Å². The average molecular weight is 398 g/mol. The molecule has 150 valence electrons. The highest BCUT2D eigenvalue weighted by atomic mass is 32.2. The van der Waals surface area contributed by atoms with Crippen molar-refractivity contribution >= 4 is 27.3 Å². The van der Waals surface area contributed by atoms with Gasteiger partial charge in [-0.25, -0.2) is 8.42 Å². The van der Waals surface area contributed by atoms with E-state index in [1.165, 1.54) is 21.3 Å². The molecule has 0 bridgehead atoms. The highest BCUT2D eigenvalue weighted by Crippen LogP contribution is 2.32. The Hall–Kier alpha value is -2.20. The highest BCUT2D eigenvalue weighted by molar-refractivity contribution is 7.89. The average Bonchev–Trinajstić information content (AvgIpc) is 3.07. The summed E-state index contributed by atoms with van der Waals surface area (Å²) in [6.45, 7) is 6.27. The van der Waals surface area contributed by atoms with Crippen molar-refractivity contribution in [1.82, 2.24) is 9.62 Å². The molecule has 1 amide bonds. The summed E-state index contributed by atoms with van der Waals surface area (Å²) in [6, 6.07) is 3.81. The molecule has 27 heavy (non-hydrogen) atoms. The number of carbonyl (C=O) groups excluding carboxylic acids is 1. The number of nitrogens with zero attached hydrogens (tertiary/aromatic N) is 3. The first-order valence-corrected chi connectivity index (χ1v) is 10.2. The van der Waals surface area contributed by atoms with E-state index in [4.69, 9.17) is 0 Å². The van der Waals surface area contributed by atoms with Crippen molar-refractivity contribution in [2.45, 2.75) is 44.0 Å². The molecule has 0 spiro atoms. The molecule has 1 aliphatic heterocycles. The summed E-state index contributed by atoms with van der Waals surface area (Å²) >= 11 is 0. The molecule has 2 rings (SSSR count). The van der Waals surface area contributed by atoms with Gasteiger partial charge in [0, 0.05) is 31.7 Å². The van der Waals surface area contributed by atoms with Gasteiger partial charge < -0.3 is 10.2 Å². The van der Waals surface area contributed by atoms with Crippen LogP contribution in [0.15, 0.2) is 23.1 Å². The third kappa shape index (κ3) is 5.16. The van der Waals surface area contributed by atoms with Crippen molar-refractivity contribution in [2.24, 2.45) is 0 Å². The van der Waals surface area contributed by atoms with Crippen LogP contribution in [-0.4, -0.2) is 55.8 Å². The van der Waals surface area contributed by atoms with Crippen LogP contribution in [0.25, 0.3) is 0 Å². The lowest BCUT2D eigenvalue weighted by Gasteiger charge is -2.24. The van der Waals surface area contributed by atoms with Gasteiger partial charge in [-0.3, -0.25) is 14.9 Å². The van der Waals surface area contributed by atoms with Gasteiger partial charge in [0.25, 0.3) is 5.69 Å². The maximum atomic E-state index is 12.7. The molecule has 1 saturated heterocycles. The molecule has 10 heteroatoms. The lowest BCUT2D eigenvalue weighted by molar-refractivity contribution is -0.384. The van der Waals surface area contributed by atoms with E-state index in [9.17, 15) is 23.3 Å². The Labute approximate surface area is 159 Å². The minimum absolute atomic E-state index is 0.0870. The maximum absolute atomic E-state index is 12.7. The lowest BCUT2D eigenvalue weighted by Crippen LogP contribution is -2.45. The Kier molecular flexibility index (Phi) is 6.10. The first-order chi connectivity index (χ1) is 12.4. The van der Waals surface area contributed by atoms with Gasteiger partial charge >= 0.3 is 0 Å². The summed E-state index contributed by atoms with van der Waals surface area (Å²) < 4.78 is 26.6. The summed E-state index contributed by atoms with van der Waals surface area (Å²) in [7, 11) is -2.20. The van der Waals surface area contributed by atoms with Crippen LogP contribution in [0.1, 0.15) is 33.6 Å². The minimum atomic E-state index is -3.75. The number of rotatable bonds is 6. The number of benzene rings is 1. The molecule has 0 radical (unpaired) electrons. The number of hydrogen-bond donors (Lipinski definition) is 1. The predicted molar refractivity (Wildman–Crippen MR) is 102 cm³/mol. The van der Waals surface area contributed by atoms with Gasteiger partial charge in [0.2, 0.25) is 15.9 Å². The number of nitro groups is 1. The zero-order valence-corrected chi connectivity index (χ0v) is 16.9. The number of hydrogen-bond acceptors (Lipinski definition) is 6. The molecule has 1 N–H and O–H groups in total. The molecule has 0 aliphatic carbocycles. The summed E-state index contributed by atoms with van der Waals surface area (Å²) in [5.41, 5.74) is -0.580. The zero-order chi connectivity index (χ0) is 20.4. The molecule has 9 nitrogen and oxygen atoms in total. The van der Waals surface area contributed by atoms with Crippen LogP contribution in [0.3, 0.4) is 0 Å². The molecular weight excluding hydrogens is 372 g/mol. The van der Waals surface area contributed by atoms with Crippen molar-refractivity contribution < 1.29 is 18.1 Å². The number of nitrogens with one attached hydrogen (secondary N) is 1. The summed E-state index contributed by atoms with van der Waals surface area (Å²) in [5, 5.41) is 14.3. The molecule has 0 aromatic heterocycles. The van der Waals surface area contributed by atoms with E-state index < -0.39 is 20.5 Å². The van der Waals surface area contributed by atoms with Gasteiger partial charge in [-0.2, -0.15) is 4.31 Å². The number of sulfonamides is 1. The zero-order valence-electron chi connectivity index (χ0n) is 16.1. The lowest BCUT2D eigenvalue weighted by atomic mass is 10.1. The highest BCUT2D eigenvalue weighted by Gasteiger charge is 2.30.